The SMILES string of the molecule is CC(=O)NC(CN1CCC(=O)C(C)C1)C(=O)O. The Hall–Kier alpha value is -1.43. The molecule has 0 saturated carbocycles. The Bertz CT molecular complexity index is 329. The van der Waals surface area contributed by atoms with E-state index in [1.165, 1.54) is 6.92 Å². The summed E-state index contributed by atoms with van der Waals surface area (Å²) in [4.78, 5) is 35.0. The third kappa shape index (κ3) is 4.14. The largest absolute Gasteiger partial charge is 0.480 e. The summed E-state index contributed by atoms with van der Waals surface area (Å²) in [5.74, 6) is -1.26. The molecule has 2 atom stereocenters. The monoisotopic (exact) mass is 242 g/mol. The number of hydrogen-bond donors (Lipinski definition) is 2. The number of nitrogens with one attached hydrogen (secondary N) is 1. The number of likely N-dealkylation sites (tertiary alicyclic amines) is 1. The van der Waals surface area contributed by atoms with Gasteiger partial charge in [0.05, 0.1) is 0 Å². The zero-order valence-corrected chi connectivity index (χ0v) is 10.1. The Labute approximate surface area is 100.0 Å². The molecule has 2 N–H and O–H groups in total. The molecule has 6 nitrogen and oxygen atoms in total. The van der Waals surface area contributed by atoms with Crippen molar-refractivity contribution in [1.29, 1.82) is 0 Å². The number of carbonyl (C=O) groups excluding carboxylic acids is 2. The van der Waals surface area contributed by atoms with Gasteiger partial charge in [0, 0.05) is 38.9 Å². The number of piperidine rings is 1. The van der Waals surface area contributed by atoms with Crippen molar-refractivity contribution in [3.05, 3.63) is 0 Å². The molecule has 0 aromatic heterocycles. The Balaban J connectivity index is 2.53. The van der Waals surface area contributed by atoms with Crippen LogP contribution in [0.5, 0.6) is 0 Å². The summed E-state index contributed by atoms with van der Waals surface area (Å²) in [6, 6.07) is -0.909. The third-order valence-electron chi connectivity index (χ3n) is 2.87. The lowest BCUT2D eigenvalue weighted by Gasteiger charge is -2.31. The van der Waals surface area contributed by atoms with Gasteiger partial charge in [-0.15, -0.1) is 0 Å². The van der Waals surface area contributed by atoms with E-state index in [0.29, 0.717) is 19.5 Å². The van der Waals surface area contributed by atoms with Crippen LogP contribution in [-0.4, -0.2) is 53.3 Å². The quantitative estimate of drug-likeness (QED) is 0.693. The van der Waals surface area contributed by atoms with Crippen LogP contribution in [0.2, 0.25) is 0 Å². The number of carboxylic acids is 1. The number of carboxylic acid groups (broad SMARTS) is 1. The van der Waals surface area contributed by atoms with Gasteiger partial charge in [0.1, 0.15) is 11.8 Å². The molecule has 6 heteroatoms. The molecule has 96 valence electrons. The predicted molar refractivity (Wildman–Crippen MR) is 60.5 cm³/mol. The van der Waals surface area contributed by atoms with Crippen molar-refractivity contribution in [2.75, 3.05) is 19.6 Å². The molecule has 2 unspecified atom stereocenters. The smallest absolute Gasteiger partial charge is 0.327 e. The van der Waals surface area contributed by atoms with E-state index < -0.39 is 12.0 Å². The molecule has 0 spiro atoms. The van der Waals surface area contributed by atoms with E-state index in [1.54, 1.807) is 0 Å². The minimum atomic E-state index is -1.05. The van der Waals surface area contributed by atoms with Crippen LogP contribution in [0.25, 0.3) is 0 Å². The molecule has 17 heavy (non-hydrogen) atoms. The number of hydrogen-bond acceptors (Lipinski definition) is 4. The number of amides is 1. The standard InChI is InChI=1S/C11H18N2O4/c1-7-5-13(4-3-10(7)15)6-9(11(16)17)12-8(2)14/h7,9H,3-6H2,1-2H3,(H,12,14)(H,16,17). The number of carbonyl (C=O) groups is 3. The fourth-order valence-electron chi connectivity index (χ4n) is 1.95. The van der Waals surface area contributed by atoms with E-state index in [-0.39, 0.29) is 24.2 Å². The van der Waals surface area contributed by atoms with Gasteiger partial charge in [0.2, 0.25) is 5.91 Å². The average Bonchev–Trinajstić information content (AvgIpc) is 2.21. The van der Waals surface area contributed by atoms with Crippen molar-refractivity contribution >= 4 is 17.7 Å². The van der Waals surface area contributed by atoms with Crippen LogP contribution in [0.3, 0.4) is 0 Å². The first-order valence-corrected chi connectivity index (χ1v) is 5.65. The Morgan fingerprint density at radius 2 is 2.24 bits per heavy atom. The highest BCUT2D eigenvalue weighted by atomic mass is 16.4. The van der Waals surface area contributed by atoms with Gasteiger partial charge in [-0.05, 0) is 0 Å². The second-order valence-electron chi connectivity index (χ2n) is 4.47. The van der Waals surface area contributed by atoms with Gasteiger partial charge in [-0.3, -0.25) is 14.5 Å². The van der Waals surface area contributed by atoms with E-state index in [9.17, 15) is 14.4 Å². The van der Waals surface area contributed by atoms with Crippen LogP contribution in [0.15, 0.2) is 0 Å². The van der Waals surface area contributed by atoms with Crippen LogP contribution in [0.4, 0.5) is 0 Å². The maximum absolute atomic E-state index is 11.3. The van der Waals surface area contributed by atoms with E-state index in [2.05, 4.69) is 5.32 Å². The Morgan fingerprint density at radius 3 is 2.71 bits per heavy atom. The maximum Gasteiger partial charge on any atom is 0.327 e. The number of nitrogens with zero attached hydrogens (tertiary/aromatic N) is 1. The first-order valence-electron chi connectivity index (χ1n) is 5.65. The minimum absolute atomic E-state index is 0.0597. The fourth-order valence-corrected chi connectivity index (χ4v) is 1.95. The van der Waals surface area contributed by atoms with E-state index in [1.807, 2.05) is 11.8 Å². The van der Waals surface area contributed by atoms with E-state index in [4.69, 9.17) is 5.11 Å². The molecule has 1 aliphatic heterocycles. The maximum atomic E-state index is 11.3. The van der Waals surface area contributed by atoms with Gasteiger partial charge in [-0.25, -0.2) is 4.79 Å². The molecular weight excluding hydrogens is 224 g/mol. The highest BCUT2D eigenvalue weighted by Crippen LogP contribution is 2.12. The van der Waals surface area contributed by atoms with Crippen molar-refractivity contribution in [1.82, 2.24) is 10.2 Å². The number of rotatable bonds is 4. The van der Waals surface area contributed by atoms with Crippen molar-refractivity contribution in [2.45, 2.75) is 26.3 Å². The van der Waals surface area contributed by atoms with E-state index in [0.717, 1.165) is 0 Å². The lowest BCUT2D eigenvalue weighted by atomic mass is 9.98. The summed E-state index contributed by atoms with van der Waals surface area (Å²) in [5, 5.41) is 11.3. The highest BCUT2D eigenvalue weighted by Gasteiger charge is 2.27. The molecule has 1 fully saturated rings. The van der Waals surface area contributed by atoms with Crippen LogP contribution < -0.4 is 5.32 Å². The van der Waals surface area contributed by atoms with Crippen LogP contribution in [0.1, 0.15) is 20.3 Å². The molecule has 0 aromatic rings. The van der Waals surface area contributed by atoms with Crippen molar-refractivity contribution in [3.8, 4) is 0 Å². The van der Waals surface area contributed by atoms with Crippen LogP contribution >= 0.6 is 0 Å². The number of aliphatic carboxylic acids is 1. The summed E-state index contributed by atoms with van der Waals surface area (Å²) < 4.78 is 0. The lowest BCUT2D eigenvalue weighted by molar-refractivity contribution is -0.142. The van der Waals surface area contributed by atoms with Gasteiger partial charge in [0.25, 0.3) is 0 Å². The lowest BCUT2D eigenvalue weighted by Crippen LogP contribution is -2.51. The molecule has 0 aromatic carbocycles. The summed E-state index contributed by atoms with van der Waals surface area (Å²) >= 11 is 0. The number of ketones is 1. The normalized spacial score (nSPS) is 23.2. The Morgan fingerprint density at radius 1 is 1.59 bits per heavy atom. The first-order chi connectivity index (χ1) is 7.90. The first kappa shape index (κ1) is 13.6. The second-order valence-corrected chi connectivity index (χ2v) is 4.47. The Kier molecular flexibility index (Phi) is 4.62. The van der Waals surface area contributed by atoms with Crippen molar-refractivity contribution in [3.63, 3.8) is 0 Å². The highest BCUT2D eigenvalue weighted by molar-refractivity contribution is 5.83. The molecule has 1 rings (SSSR count). The molecule has 0 aliphatic carbocycles. The summed E-state index contributed by atoms with van der Waals surface area (Å²) in [6.07, 6.45) is 0.452. The summed E-state index contributed by atoms with van der Waals surface area (Å²) in [5.41, 5.74) is 0. The predicted octanol–water partition coefficient (Wildman–Crippen LogP) is -0.513. The van der Waals surface area contributed by atoms with Gasteiger partial charge < -0.3 is 10.4 Å². The molecular formula is C11H18N2O4. The van der Waals surface area contributed by atoms with Gasteiger partial charge >= 0.3 is 5.97 Å². The van der Waals surface area contributed by atoms with E-state index >= 15 is 0 Å². The fraction of sp³-hybridized carbons (Fsp3) is 0.727. The van der Waals surface area contributed by atoms with Gasteiger partial charge in [-0.2, -0.15) is 0 Å². The summed E-state index contributed by atoms with van der Waals surface area (Å²) in [7, 11) is 0. The topological polar surface area (TPSA) is 86.7 Å². The van der Waals surface area contributed by atoms with Crippen LogP contribution in [-0.2, 0) is 14.4 Å². The molecule has 1 heterocycles. The molecule has 0 radical (unpaired) electrons. The van der Waals surface area contributed by atoms with Gasteiger partial charge in [0.15, 0.2) is 0 Å². The van der Waals surface area contributed by atoms with Gasteiger partial charge in [-0.1, -0.05) is 6.92 Å². The molecule has 1 saturated heterocycles. The third-order valence-corrected chi connectivity index (χ3v) is 2.87. The zero-order chi connectivity index (χ0) is 13.0. The molecule has 1 aliphatic rings. The average molecular weight is 242 g/mol. The zero-order valence-electron chi connectivity index (χ0n) is 10.1. The van der Waals surface area contributed by atoms with Crippen molar-refractivity contribution < 1.29 is 19.5 Å². The molecule has 1 amide bonds. The minimum Gasteiger partial charge on any atom is -0.480 e. The second kappa shape index (κ2) is 5.77. The number of Topliss-reactive ketones (excluding diaryl/α,β-unsaturated/α-hetero) is 1. The van der Waals surface area contributed by atoms with Crippen molar-refractivity contribution in [2.24, 2.45) is 5.92 Å². The molecule has 0 bridgehead atoms. The summed E-state index contributed by atoms with van der Waals surface area (Å²) in [6.45, 7) is 4.49. The van der Waals surface area contributed by atoms with Crippen LogP contribution in [0, 0.1) is 5.92 Å².